The van der Waals surface area contributed by atoms with Crippen molar-refractivity contribution in [2.24, 2.45) is 5.92 Å². The van der Waals surface area contributed by atoms with Crippen molar-refractivity contribution in [3.05, 3.63) is 29.3 Å². The van der Waals surface area contributed by atoms with Crippen molar-refractivity contribution in [3.8, 4) is 0 Å². The van der Waals surface area contributed by atoms with Crippen LogP contribution in [0.25, 0.3) is 0 Å². The Morgan fingerprint density at radius 1 is 1.24 bits per heavy atom. The topological polar surface area (TPSA) is 12.0 Å². The van der Waals surface area contributed by atoms with Gasteiger partial charge in [0.25, 0.3) is 0 Å². The van der Waals surface area contributed by atoms with E-state index in [0.29, 0.717) is 22.9 Å². The standard InChI is InChI=1S/C16H24F3NS/c1-4-5-8-21-14-7-6-13(11-20-10-12(2)3)15(9-14)16(17,18)19/h6-7,9,12,20H,4-5,8,10-11H2,1-3H3. The summed E-state index contributed by atoms with van der Waals surface area (Å²) in [5, 5.41) is 3.08. The van der Waals surface area contributed by atoms with Crippen LogP contribution in [-0.4, -0.2) is 12.3 Å². The molecule has 0 unspecified atom stereocenters. The quantitative estimate of drug-likeness (QED) is 0.512. The molecule has 1 rings (SSSR count). The molecule has 0 aromatic heterocycles. The largest absolute Gasteiger partial charge is 0.416 e. The van der Waals surface area contributed by atoms with Gasteiger partial charge in [0.1, 0.15) is 0 Å². The van der Waals surface area contributed by atoms with Gasteiger partial charge in [-0.1, -0.05) is 33.3 Å². The zero-order valence-corrected chi connectivity index (χ0v) is 13.7. The summed E-state index contributed by atoms with van der Waals surface area (Å²) >= 11 is 1.49. The fourth-order valence-corrected chi connectivity index (χ4v) is 2.93. The monoisotopic (exact) mass is 319 g/mol. The SMILES string of the molecule is CCCCSc1ccc(CNCC(C)C)c(C(F)(F)F)c1. The molecule has 21 heavy (non-hydrogen) atoms. The maximum Gasteiger partial charge on any atom is 0.416 e. The predicted octanol–water partition coefficient (Wildman–Crippen LogP) is 5.34. The zero-order valence-electron chi connectivity index (χ0n) is 12.9. The highest BCUT2D eigenvalue weighted by Crippen LogP contribution is 2.35. The molecule has 5 heteroatoms. The molecule has 1 aromatic carbocycles. The Morgan fingerprint density at radius 2 is 1.95 bits per heavy atom. The summed E-state index contributed by atoms with van der Waals surface area (Å²) in [4.78, 5) is 0.698. The number of halogens is 3. The second-order valence-corrected chi connectivity index (χ2v) is 6.71. The van der Waals surface area contributed by atoms with Crippen molar-refractivity contribution in [2.45, 2.75) is 51.2 Å². The van der Waals surface area contributed by atoms with Gasteiger partial charge in [-0.25, -0.2) is 0 Å². The Bertz CT molecular complexity index is 430. The Hall–Kier alpha value is -0.680. The summed E-state index contributed by atoms with van der Waals surface area (Å²) in [6.07, 6.45) is -2.23. The van der Waals surface area contributed by atoms with Gasteiger partial charge in [-0.2, -0.15) is 13.2 Å². The number of rotatable bonds is 8. The van der Waals surface area contributed by atoms with Gasteiger partial charge in [0, 0.05) is 11.4 Å². The number of nitrogens with one attached hydrogen (secondary N) is 1. The highest BCUT2D eigenvalue weighted by molar-refractivity contribution is 7.99. The molecule has 1 nitrogen and oxygen atoms in total. The maximum atomic E-state index is 13.2. The lowest BCUT2D eigenvalue weighted by Crippen LogP contribution is -2.21. The molecule has 0 bridgehead atoms. The average molecular weight is 319 g/mol. The molecule has 0 atom stereocenters. The average Bonchev–Trinajstić information content (AvgIpc) is 2.38. The highest BCUT2D eigenvalue weighted by Gasteiger charge is 2.33. The molecular weight excluding hydrogens is 295 g/mol. The number of unbranched alkanes of at least 4 members (excludes halogenated alkanes) is 1. The molecule has 0 aliphatic heterocycles. The van der Waals surface area contributed by atoms with Gasteiger partial charge in [0.15, 0.2) is 0 Å². The molecule has 1 aromatic rings. The summed E-state index contributed by atoms with van der Waals surface area (Å²) in [6.45, 7) is 7.11. The first-order valence-corrected chi connectivity index (χ1v) is 8.36. The second-order valence-electron chi connectivity index (χ2n) is 5.54. The molecule has 1 N–H and O–H groups in total. The number of alkyl halides is 3. The third-order valence-electron chi connectivity index (χ3n) is 3.02. The molecule has 0 radical (unpaired) electrons. The van der Waals surface area contributed by atoms with Gasteiger partial charge >= 0.3 is 6.18 Å². The van der Waals surface area contributed by atoms with Crippen LogP contribution in [0.2, 0.25) is 0 Å². The highest BCUT2D eigenvalue weighted by atomic mass is 32.2. The predicted molar refractivity (Wildman–Crippen MR) is 83.6 cm³/mol. The van der Waals surface area contributed by atoms with Crippen molar-refractivity contribution in [1.82, 2.24) is 5.32 Å². The third-order valence-corrected chi connectivity index (χ3v) is 4.10. The van der Waals surface area contributed by atoms with E-state index in [4.69, 9.17) is 0 Å². The first-order chi connectivity index (χ1) is 9.84. The van der Waals surface area contributed by atoms with E-state index < -0.39 is 11.7 Å². The minimum absolute atomic E-state index is 0.257. The lowest BCUT2D eigenvalue weighted by Gasteiger charge is -2.15. The van der Waals surface area contributed by atoms with Gasteiger partial charge in [-0.05, 0) is 42.3 Å². The van der Waals surface area contributed by atoms with E-state index in [1.807, 2.05) is 13.8 Å². The molecule has 0 saturated carbocycles. The van der Waals surface area contributed by atoms with Crippen LogP contribution in [-0.2, 0) is 12.7 Å². The number of benzene rings is 1. The molecule has 0 spiro atoms. The summed E-state index contributed by atoms with van der Waals surface area (Å²) < 4.78 is 39.5. The Labute approximate surface area is 129 Å². The van der Waals surface area contributed by atoms with Crippen LogP contribution in [0.4, 0.5) is 13.2 Å². The van der Waals surface area contributed by atoms with Crippen LogP contribution in [0.3, 0.4) is 0 Å². The van der Waals surface area contributed by atoms with Crippen LogP contribution in [0, 0.1) is 5.92 Å². The second kappa shape index (κ2) is 8.69. The van der Waals surface area contributed by atoms with E-state index >= 15 is 0 Å². The molecule has 0 saturated heterocycles. The van der Waals surface area contributed by atoms with Crippen LogP contribution in [0.5, 0.6) is 0 Å². The van der Waals surface area contributed by atoms with Crippen LogP contribution in [0.15, 0.2) is 23.1 Å². The first kappa shape index (κ1) is 18.4. The van der Waals surface area contributed by atoms with E-state index in [0.717, 1.165) is 18.6 Å². The summed E-state index contributed by atoms with van der Waals surface area (Å²) in [5.41, 5.74) is -0.191. The molecule has 0 heterocycles. The minimum Gasteiger partial charge on any atom is -0.312 e. The molecule has 0 fully saturated rings. The number of hydrogen-bond donors (Lipinski definition) is 1. The maximum absolute atomic E-state index is 13.2. The van der Waals surface area contributed by atoms with Crippen molar-refractivity contribution in [1.29, 1.82) is 0 Å². The minimum atomic E-state index is -4.30. The molecular formula is C16H24F3NS. The molecule has 0 aliphatic carbocycles. The number of hydrogen-bond acceptors (Lipinski definition) is 2. The van der Waals surface area contributed by atoms with Crippen LogP contribution in [0.1, 0.15) is 44.7 Å². The molecule has 0 aliphatic rings. The van der Waals surface area contributed by atoms with Gasteiger partial charge in [0.2, 0.25) is 0 Å². The lowest BCUT2D eigenvalue weighted by molar-refractivity contribution is -0.138. The van der Waals surface area contributed by atoms with Crippen molar-refractivity contribution < 1.29 is 13.2 Å². The zero-order chi connectivity index (χ0) is 15.9. The fraction of sp³-hybridized carbons (Fsp3) is 0.625. The smallest absolute Gasteiger partial charge is 0.312 e. The number of thioether (sulfide) groups is 1. The molecule has 120 valence electrons. The third kappa shape index (κ3) is 6.74. The Morgan fingerprint density at radius 3 is 2.52 bits per heavy atom. The van der Waals surface area contributed by atoms with E-state index in [1.54, 1.807) is 12.1 Å². The van der Waals surface area contributed by atoms with E-state index in [1.165, 1.54) is 17.8 Å². The Kier molecular flexibility index (Phi) is 7.60. The van der Waals surface area contributed by atoms with Gasteiger partial charge < -0.3 is 5.32 Å². The van der Waals surface area contributed by atoms with Crippen LogP contribution < -0.4 is 5.32 Å². The normalized spacial score (nSPS) is 12.1. The van der Waals surface area contributed by atoms with Gasteiger partial charge in [0.05, 0.1) is 5.56 Å². The van der Waals surface area contributed by atoms with E-state index in [2.05, 4.69) is 12.2 Å². The lowest BCUT2D eigenvalue weighted by atomic mass is 10.1. The van der Waals surface area contributed by atoms with E-state index in [-0.39, 0.29) is 6.54 Å². The summed E-state index contributed by atoms with van der Waals surface area (Å²) in [7, 11) is 0. The van der Waals surface area contributed by atoms with Crippen molar-refractivity contribution >= 4 is 11.8 Å². The molecule has 0 amide bonds. The van der Waals surface area contributed by atoms with Gasteiger partial charge in [-0.3, -0.25) is 0 Å². The fourth-order valence-electron chi connectivity index (χ4n) is 1.89. The van der Waals surface area contributed by atoms with E-state index in [9.17, 15) is 13.2 Å². The van der Waals surface area contributed by atoms with Crippen molar-refractivity contribution in [2.75, 3.05) is 12.3 Å². The van der Waals surface area contributed by atoms with Crippen LogP contribution >= 0.6 is 11.8 Å². The Balaban J connectivity index is 2.82. The first-order valence-electron chi connectivity index (χ1n) is 7.38. The van der Waals surface area contributed by atoms with Gasteiger partial charge in [-0.15, -0.1) is 11.8 Å². The summed E-state index contributed by atoms with van der Waals surface area (Å²) in [5.74, 6) is 1.28. The summed E-state index contributed by atoms with van der Waals surface area (Å²) in [6, 6.07) is 4.68. The van der Waals surface area contributed by atoms with Crippen molar-refractivity contribution in [3.63, 3.8) is 0 Å².